The summed E-state index contributed by atoms with van der Waals surface area (Å²) in [6.45, 7) is 3.86. The van der Waals surface area contributed by atoms with Crippen molar-refractivity contribution in [2.45, 2.75) is 32.4 Å². The van der Waals surface area contributed by atoms with Crippen molar-refractivity contribution in [3.63, 3.8) is 0 Å². The number of hydrogen-bond acceptors (Lipinski definition) is 7. The average molecular weight is 474 g/mol. The van der Waals surface area contributed by atoms with Crippen LogP contribution in [0.4, 0.5) is 5.00 Å². The molecule has 32 heavy (non-hydrogen) atoms. The standard InChI is InChI=1S/C23H23NO6S2/c1-3-17-15(14-7-5-6-8-18(14)30-17)9-10-20(25)24-22-21(23(26)29-4-2)16-11-12-32(27,28)13-19(16)31-22/h5-10H,3-4,11-13H2,1-2H3,(H,24,25)/b10-9+. The van der Waals surface area contributed by atoms with Crippen LogP contribution in [0.15, 0.2) is 34.8 Å². The Hall–Kier alpha value is -2.91. The fourth-order valence-corrected chi connectivity index (χ4v) is 6.85. The number of para-hydroxylation sites is 1. The first kappa shape index (κ1) is 22.3. The Morgan fingerprint density at radius 3 is 2.78 bits per heavy atom. The second kappa shape index (κ2) is 8.91. The van der Waals surface area contributed by atoms with Crippen LogP contribution in [0.25, 0.3) is 17.0 Å². The summed E-state index contributed by atoms with van der Waals surface area (Å²) in [5.74, 6) is -0.364. The van der Waals surface area contributed by atoms with E-state index in [-0.39, 0.29) is 30.1 Å². The van der Waals surface area contributed by atoms with Crippen molar-refractivity contribution >= 4 is 55.1 Å². The third-order valence-corrected chi connectivity index (χ3v) is 8.14. The summed E-state index contributed by atoms with van der Waals surface area (Å²) in [5.41, 5.74) is 2.49. The number of hydrogen-bond donors (Lipinski definition) is 1. The van der Waals surface area contributed by atoms with Gasteiger partial charge in [0.05, 0.1) is 23.7 Å². The van der Waals surface area contributed by atoms with E-state index in [4.69, 9.17) is 9.15 Å². The number of sulfone groups is 1. The Morgan fingerprint density at radius 1 is 1.25 bits per heavy atom. The van der Waals surface area contributed by atoms with Gasteiger partial charge >= 0.3 is 5.97 Å². The van der Waals surface area contributed by atoms with Crippen LogP contribution in [-0.2, 0) is 38.0 Å². The summed E-state index contributed by atoms with van der Waals surface area (Å²) < 4.78 is 35.1. The third-order valence-electron chi connectivity index (χ3n) is 5.25. The molecule has 1 aliphatic heterocycles. The minimum atomic E-state index is -3.21. The number of ether oxygens (including phenoxy) is 1. The lowest BCUT2D eigenvalue weighted by atomic mass is 10.1. The maximum atomic E-state index is 12.7. The number of nitrogens with one attached hydrogen (secondary N) is 1. The fraction of sp³-hybridized carbons (Fsp3) is 0.304. The molecular formula is C23H23NO6S2. The molecule has 2 aromatic heterocycles. The lowest BCUT2D eigenvalue weighted by Gasteiger charge is -2.13. The molecule has 0 fully saturated rings. The number of rotatable bonds is 6. The zero-order valence-electron chi connectivity index (χ0n) is 17.8. The van der Waals surface area contributed by atoms with Crippen LogP contribution in [0.3, 0.4) is 0 Å². The van der Waals surface area contributed by atoms with Gasteiger partial charge < -0.3 is 14.5 Å². The van der Waals surface area contributed by atoms with Crippen molar-refractivity contribution in [2.24, 2.45) is 0 Å². The highest BCUT2D eigenvalue weighted by molar-refractivity contribution is 7.90. The molecule has 1 N–H and O–H groups in total. The van der Waals surface area contributed by atoms with Gasteiger partial charge in [-0.1, -0.05) is 25.1 Å². The van der Waals surface area contributed by atoms with Gasteiger partial charge in [0.1, 0.15) is 16.3 Å². The van der Waals surface area contributed by atoms with Crippen molar-refractivity contribution in [3.05, 3.63) is 57.7 Å². The lowest BCUT2D eigenvalue weighted by molar-refractivity contribution is -0.111. The second-order valence-electron chi connectivity index (χ2n) is 7.38. The molecule has 0 saturated heterocycles. The van der Waals surface area contributed by atoms with E-state index >= 15 is 0 Å². The molecule has 0 saturated carbocycles. The molecule has 1 aromatic carbocycles. The van der Waals surface area contributed by atoms with Crippen molar-refractivity contribution in [2.75, 3.05) is 17.7 Å². The Kier molecular flexibility index (Phi) is 6.21. The number of thiophene rings is 1. The summed E-state index contributed by atoms with van der Waals surface area (Å²) in [6.07, 6.45) is 3.99. The smallest absolute Gasteiger partial charge is 0.341 e. The molecule has 4 rings (SSSR count). The SMILES string of the molecule is CCOC(=O)c1c(NC(=O)/C=C/c2c(CC)oc3ccccc23)sc2c1CCS(=O)(=O)C2. The molecule has 7 nitrogen and oxygen atoms in total. The number of fused-ring (bicyclic) bond motifs is 2. The topological polar surface area (TPSA) is 103 Å². The minimum absolute atomic E-state index is 0.0240. The molecular weight excluding hydrogens is 450 g/mol. The molecule has 1 aliphatic rings. The highest BCUT2D eigenvalue weighted by Crippen LogP contribution is 2.38. The molecule has 9 heteroatoms. The van der Waals surface area contributed by atoms with Gasteiger partial charge in [-0.15, -0.1) is 11.3 Å². The molecule has 0 atom stereocenters. The van der Waals surface area contributed by atoms with E-state index in [1.165, 1.54) is 6.08 Å². The largest absolute Gasteiger partial charge is 0.462 e. The first-order valence-corrected chi connectivity index (χ1v) is 13.0. The maximum Gasteiger partial charge on any atom is 0.341 e. The van der Waals surface area contributed by atoms with E-state index in [0.29, 0.717) is 21.9 Å². The quantitative estimate of drug-likeness (QED) is 0.422. The monoisotopic (exact) mass is 473 g/mol. The van der Waals surface area contributed by atoms with E-state index in [2.05, 4.69) is 5.32 Å². The van der Waals surface area contributed by atoms with E-state index in [0.717, 1.165) is 33.6 Å². The van der Waals surface area contributed by atoms with Crippen LogP contribution >= 0.6 is 11.3 Å². The molecule has 0 radical (unpaired) electrons. The van der Waals surface area contributed by atoms with E-state index < -0.39 is 21.7 Å². The number of anilines is 1. The lowest BCUT2D eigenvalue weighted by Crippen LogP contribution is -2.20. The highest BCUT2D eigenvalue weighted by Gasteiger charge is 2.31. The number of amides is 1. The first-order valence-electron chi connectivity index (χ1n) is 10.3. The number of carbonyl (C=O) groups is 2. The normalized spacial score (nSPS) is 15.1. The summed E-state index contributed by atoms with van der Waals surface area (Å²) in [7, 11) is -3.21. The predicted octanol–water partition coefficient (Wildman–Crippen LogP) is 4.36. The molecule has 1 amide bonds. The molecule has 0 spiro atoms. The molecule has 0 aliphatic carbocycles. The number of aryl methyl sites for hydroxylation is 1. The van der Waals surface area contributed by atoms with Crippen LogP contribution in [0, 0.1) is 0 Å². The number of furan rings is 1. The average Bonchev–Trinajstić information content (AvgIpc) is 3.28. The van der Waals surface area contributed by atoms with Gasteiger partial charge in [0.15, 0.2) is 9.84 Å². The van der Waals surface area contributed by atoms with Crippen LogP contribution in [-0.4, -0.2) is 32.7 Å². The Bertz CT molecular complexity index is 1330. The Morgan fingerprint density at radius 2 is 2.03 bits per heavy atom. The van der Waals surface area contributed by atoms with Gasteiger partial charge in [-0.2, -0.15) is 0 Å². The Balaban J connectivity index is 1.64. The number of carbonyl (C=O) groups excluding carboxylic acids is 2. The van der Waals surface area contributed by atoms with Crippen LogP contribution < -0.4 is 5.32 Å². The maximum absolute atomic E-state index is 12.7. The number of esters is 1. The molecule has 0 bridgehead atoms. The summed E-state index contributed by atoms with van der Waals surface area (Å²) in [5, 5.41) is 3.98. The zero-order chi connectivity index (χ0) is 22.9. The molecule has 168 valence electrons. The van der Waals surface area contributed by atoms with Gasteiger partial charge in [-0.3, -0.25) is 4.79 Å². The van der Waals surface area contributed by atoms with Crippen molar-refractivity contribution in [3.8, 4) is 0 Å². The second-order valence-corrected chi connectivity index (χ2v) is 10.7. The van der Waals surface area contributed by atoms with Crippen LogP contribution in [0.1, 0.15) is 46.0 Å². The van der Waals surface area contributed by atoms with Gasteiger partial charge in [0.25, 0.3) is 0 Å². The molecule has 3 aromatic rings. The number of benzene rings is 1. The van der Waals surface area contributed by atoms with Gasteiger partial charge in [-0.05, 0) is 31.1 Å². The van der Waals surface area contributed by atoms with Crippen molar-refractivity contribution in [1.29, 1.82) is 0 Å². The summed E-state index contributed by atoms with van der Waals surface area (Å²) in [4.78, 5) is 25.9. The predicted molar refractivity (Wildman–Crippen MR) is 125 cm³/mol. The zero-order valence-corrected chi connectivity index (χ0v) is 19.4. The van der Waals surface area contributed by atoms with Crippen LogP contribution in [0.5, 0.6) is 0 Å². The van der Waals surface area contributed by atoms with Crippen molar-refractivity contribution in [1.82, 2.24) is 0 Å². The minimum Gasteiger partial charge on any atom is -0.462 e. The van der Waals surface area contributed by atoms with Crippen molar-refractivity contribution < 1.29 is 27.2 Å². The molecule has 3 heterocycles. The van der Waals surface area contributed by atoms with Crippen LogP contribution in [0.2, 0.25) is 0 Å². The van der Waals surface area contributed by atoms with E-state index in [1.54, 1.807) is 13.0 Å². The summed E-state index contributed by atoms with van der Waals surface area (Å²) >= 11 is 1.12. The summed E-state index contributed by atoms with van der Waals surface area (Å²) in [6, 6.07) is 7.61. The van der Waals surface area contributed by atoms with E-state index in [1.807, 2.05) is 31.2 Å². The van der Waals surface area contributed by atoms with E-state index in [9.17, 15) is 18.0 Å². The molecule has 0 unspecified atom stereocenters. The van der Waals surface area contributed by atoms with Gasteiger partial charge in [0, 0.05) is 28.3 Å². The third kappa shape index (κ3) is 4.35. The van der Waals surface area contributed by atoms with Gasteiger partial charge in [-0.25, -0.2) is 13.2 Å². The van der Waals surface area contributed by atoms with Gasteiger partial charge in [0.2, 0.25) is 5.91 Å². The Labute approximate surface area is 190 Å². The highest BCUT2D eigenvalue weighted by atomic mass is 32.2. The fourth-order valence-electron chi connectivity index (χ4n) is 3.80. The first-order chi connectivity index (χ1) is 15.3.